The van der Waals surface area contributed by atoms with Crippen LogP contribution in [0.3, 0.4) is 0 Å². The van der Waals surface area contributed by atoms with Gasteiger partial charge in [-0.2, -0.15) is 0 Å². The third-order valence-corrected chi connectivity index (χ3v) is 4.78. The summed E-state index contributed by atoms with van der Waals surface area (Å²) in [5.74, 6) is 0. The molecule has 0 aromatic heterocycles. The Morgan fingerprint density at radius 1 is 1.00 bits per heavy atom. The third kappa shape index (κ3) is 4.05. The van der Waals surface area contributed by atoms with Gasteiger partial charge in [-0.3, -0.25) is 4.90 Å². The summed E-state index contributed by atoms with van der Waals surface area (Å²) >= 11 is 0. The maximum absolute atomic E-state index is 6.13. The molecule has 1 aromatic rings. The number of benzene rings is 1. The van der Waals surface area contributed by atoms with Crippen LogP contribution in [-0.4, -0.2) is 36.3 Å². The van der Waals surface area contributed by atoms with Crippen LogP contribution in [0.5, 0.6) is 0 Å². The number of nitrogens with zero attached hydrogens (tertiary/aromatic N) is 1. The predicted molar refractivity (Wildman–Crippen MR) is 96.0 cm³/mol. The summed E-state index contributed by atoms with van der Waals surface area (Å²) in [7, 11) is -0.272. The van der Waals surface area contributed by atoms with E-state index >= 15 is 0 Å². The van der Waals surface area contributed by atoms with Crippen molar-refractivity contribution in [2.24, 2.45) is 0 Å². The van der Waals surface area contributed by atoms with Gasteiger partial charge in [-0.15, -0.1) is 12.4 Å². The van der Waals surface area contributed by atoms with Gasteiger partial charge in [0.15, 0.2) is 0 Å². The zero-order chi connectivity index (χ0) is 15.7. The van der Waals surface area contributed by atoms with Crippen LogP contribution in [0, 0.1) is 0 Å². The van der Waals surface area contributed by atoms with Gasteiger partial charge < -0.3 is 9.31 Å². The van der Waals surface area contributed by atoms with Crippen molar-refractivity contribution < 1.29 is 9.31 Å². The molecule has 1 aliphatic heterocycles. The molecule has 3 nitrogen and oxygen atoms in total. The van der Waals surface area contributed by atoms with Crippen molar-refractivity contribution in [2.75, 3.05) is 13.1 Å². The monoisotopic (exact) mass is 325 g/mol. The quantitative estimate of drug-likeness (QED) is 0.776. The van der Waals surface area contributed by atoms with Crippen molar-refractivity contribution in [3.05, 3.63) is 29.8 Å². The summed E-state index contributed by atoms with van der Waals surface area (Å²) in [6, 6.07) is 8.57. The van der Waals surface area contributed by atoms with Crippen LogP contribution in [0.1, 0.15) is 47.1 Å². The zero-order valence-electron chi connectivity index (χ0n) is 14.7. The molecular formula is C17H29BClNO2. The van der Waals surface area contributed by atoms with E-state index in [-0.39, 0.29) is 30.7 Å². The van der Waals surface area contributed by atoms with Crippen molar-refractivity contribution in [1.82, 2.24) is 4.90 Å². The Kier molecular flexibility index (Phi) is 6.52. The highest BCUT2D eigenvalue weighted by Crippen LogP contribution is 2.36. The Labute approximate surface area is 141 Å². The molecule has 0 spiro atoms. The molecular weight excluding hydrogens is 296 g/mol. The Bertz CT molecular complexity index is 473. The lowest BCUT2D eigenvalue weighted by molar-refractivity contribution is 0.00578. The van der Waals surface area contributed by atoms with Gasteiger partial charge in [0.2, 0.25) is 0 Å². The molecule has 1 saturated heterocycles. The lowest BCUT2D eigenvalue weighted by Crippen LogP contribution is -2.41. The van der Waals surface area contributed by atoms with Gasteiger partial charge in [0.05, 0.1) is 11.2 Å². The third-order valence-electron chi connectivity index (χ3n) is 4.78. The summed E-state index contributed by atoms with van der Waals surface area (Å²) < 4.78 is 12.3. The first-order valence-electron chi connectivity index (χ1n) is 7.96. The minimum absolute atomic E-state index is 0. The molecule has 1 aromatic carbocycles. The van der Waals surface area contributed by atoms with E-state index in [2.05, 4.69) is 70.7 Å². The van der Waals surface area contributed by atoms with E-state index in [1.807, 2.05) is 0 Å². The Hall–Kier alpha value is -0.545. The molecule has 5 heteroatoms. The molecule has 0 unspecified atom stereocenters. The van der Waals surface area contributed by atoms with Crippen LogP contribution in [0.25, 0.3) is 0 Å². The van der Waals surface area contributed by atoms with Gasteiger partial charge in [0.1, 0.15) is 0 Å². The van der Waals surface area contributed by atoms with Crippen molar-refractivity contribution in [2.45, 2.75) is 59.3 Å². The normalized spacial score (nSPS) is 19.3. The maximum Gasteiger partial charge on any atom is 0.494 e. The lowest BCUT2D eigenvalue weighted by atomic mass is 9.78. The molecule has 0 atom stereocenters. The summed E-state index contributed by atoms with van der Waals surface area (Å²) in [5.41, 5.74) is 1.85. The highest BCUT2D eigenvalue weighted by atomic mass is 35.5. The molecule has 0 bridgehead atoms. The summed E-state index contributed by atoms with van der Waals surface area (Å²) in [5, 5.41) is 0. The van der Waals surface area contributed by atoms with E-state index in [1.165, 1.54) is 5.56 Å². The average molecular weight is 326 g/mol. The van der Waals surface area contributed by atoms with Gasteiger partial charge in [-0.25, -0.2) is 0 Å². The van der Waals surface area contributed by atoms with Crippen molar-refractivity contribution in [1.29, 1.82) is 0 Å². The molecule has 0 aliphatic carbocycles. The second-order valence-corrected chi connectivity index (χ2v) is 6.79. The molecule has 0 radical (unpaired) electrons. The van der Waals surface area contributed by atoms with Gasteiger partial charge in [0, 0.05) is 6.54 Å². The summed E-state index contributed by atoms with van der Waals surface area (Å²) in [6.45, 7) is 15.9. The van der Waals surface area contributed by atoms with E-state index in [1.54, 1.807) is 0 Å². The minimum Gasteiger partial charge on any atom is -0.399 e. The molecule has 0 saturated carbocycles. The standard InChI is InChI=1S/C17H28BNO2.ClH/c1-7-19(8-2)13-14-10-9-11-15(12-14)18-20-16(3,4)17(5,6)21-18;/h9-12H,7-8,13H2,1-6H3;1H. The van der Waals surface area contributed by atoms with E-state index < -0.39 is 0 Å². The van der Waals surface area contributed by atoms with E-state index in [0.29, 0.717) is 0 Å². The van der Waals surface area contributed by atoms with Gasteiger partial charge in [-0.1, -0.05) is 38.1 Å². The van der Waals surface area contributed by atoms with Crippen LogP contribution in [-0.2, 0) is 15.9 Å². The smallest absolute Gasteiger partial charge is 0.399 e. The fraction of sp³-hybridized carbons (Fsp3) is 0.647. The first kappa shape index (κ1) is 19.5. The van der Waals surface area contributed by atoms with Crippen LogP contribution in [0.15, 0.2) is 24.3 Å². The molecule has 1 fully saturated rings. The van der Waals surface area contributed by atoms with Crippen LogP contribution >= 0.6 is 12.4 Å². The van der Waals surface area contributed by atoms with E-state index in [4.69, 9.17) is 9.31 Å². The topological polar surface area (TPSA) is 21.7 Å². The number of hydrogen-bond donors (Lipinski definition) is 0. The minimum atomic E-state index is -0.285. The first-order valence-corrected chi connectivity index (χ1v) is 7.96. The Morgan fingerprint density at radius 3 is 2.05 bits per heavy atom. The van der Waals surface area contributed by atoms with Crippen LogP contribution < -0.4 is 5.46 Å². The van der Waals surface area contributed by atoms with Crippen LogP contribution in [0.2, 0.25) is 0 Å². The molecule has 0 N–H and O–H groups in total. The molecule has 0 amide bonds. The first-order chi connectivity index (χ1) is 9.79. The molecule has 1 aliphatic rings. The fourth-order valence-electron chi connectivity index (χ4n) is 2.52. The number of hydrogen-bond acceptors (Lipinski definition) is 3. The number of halogens is 1. The second kappa shape index (κ2) is 7.35. The predicted octanol–water partition coefficient (Wildman–Crippen LogP) is 3.25. The molecule has 1 heterocycles. The molecule has 124 valence electrons. The van der Waals surface area contributed by atoms with Crippen molar-refractivity contribution in [3.63, 3.8) is 0 Å². The number of rotatable bonds is 5. The van der Waals surface area contributed by atoms with E-state index in [9.17, 15) is 0 Å². The fourth-order valence-corrected chi connectivity index (χ4v) is 2.52. The SMILES string of the molecule is CCN(CC)Cc1cccc(B2OC(C)(C)C(C)(C)O2)c1.Cl. The Balaban J connectivity index is 0.00000242. The summed E-state index contributed by atoms with van der Waals surface area (Å²) in [4.78, 5) is 2.41. The van der Waals surface area contributed by atoms with Gasteiger partial charge in [-0.05, 0) is 51.8 Å². The Morgan fingerprint density at radius 2 is 1.55 bits per heavy atom. The largest absolute Gasteiger partial charge is 0.494 e. The summed E-state index contributed by atoms with van der Waals surface area (Å²) in [6.07, 6.45) is 0. The highest BCUT2D eigenvalue weighted by molar-refractivity contribution is 6.62. The molecule has 22 heavy (non-hydrogen) atoms. The molecule has 2 rings (SSSR count). The van der Waals surface area contributed by atoms with Gasteiger partial charge in [0.25, 0.3) is 0 Å². The lowest BCUT2D eigenvalue weighted by Gasteiger charge is -2.32. The average Bonchev–Trinajstić information content (AvgIpc) is 2.65. The van der Waals surface area contributed by atoms with Gasteiger partial charge >= 0.3 is 7.12 Å². The van der Waals surface area contributed by atoms with Crippen molar-refractivity contribution >= 4 is 25.0 Å². The van der Waals surface area contributed by atoms with Crippen LogP contribution in [0.4, 0.5) is 0 Å². The maximum atomic E-state index is 6.13. The zero-order valence-corrected chi connectivity index (χ0v) is 15.5. The van der Waals surface area contributed by atoms with Crippen molar-refractivity contribution in [3.8, 4) is 0 Å². The highest BCUT2D eigenvalue weighted by Gasteiger charge is 2.51. The second-order valence-electron chi connectivity index (χ2n) is 6.79. The van der Waals surface area contributed by atoms with E-state index in [0.717, 1.165) is 25.1 Å².